The van der Waals surface area contributed by atoms with Crippen LogP contribution in [0, 0.1) is 6.92 Å². The van der Waals surface area contributed by atoms with Crippen molar-refractivity contribution >= 4 is 22.7 Å². The Morgan fingerprint density at radius 2 is 1.74 bits per heavy atom. The standard InChI is InChI=1S/C19H19NO2S/c1-14-13-19(20-18-6-4-3-5-17(14)18)23-12-11-22-16-9-7-15(21-2)8-10-16/h3-10,13H,11-12H2,1-2H3. The molecule has 2 aromatic carbocycles. The molecular weight excluding hydrogens is 306 g/mol. The highest BCUT2D eigenvalue weighted by molar-refractivity contribution is 7.99. The number of ether oxygens (including phenoxy) is 2. The van der Waals surface area contributed by atoms with Gasteiger partial charge < -0.3 is 9.47 Å². The Hall–Kier alpha value is -2.20. The highest BCUT2D eigenvalue weighted by atomic mass is 32.2. The molecule has 3 aromatic rings. The summed E-state index contributed by atoms with van der Waals surface area (Å²) in [6.07, 6.45) is 0. The van der Waals surface area contributed by atoms with Crippen molar-refractivity contribution in [2.24, 2.45) is 0 Å². The van der Waals surface area contributed by atoms with E-state index in [1.54, 1.807) is 18.9 Å². The predicted molar refractivity (Wildman–Crippen MR) is 95.7 cm³/mol. The van der Waals surface area contributed by atoms with Gasteiger partial charge in [0.1, 0.15) is 11.5 Å². The van der Waals surface area contributed by atoms with Crippen molar-refractivity contribution in [1.29, 1.82) is 0 Å². The van der Waals surface area contributed by atoms with Gasteiger partial charge in [-0.1, -0.05) is 18.2 Å². The summed E-state index contributed by atoms with van der Waals surface area (Å²) in [6.45, 7) is 2.77. The predicted octanol–water partition coefficient (Wildman–Crippen LogP) is 4.72. The van der Waals surface area contributed by atoms with Crippen LogP contribution in [0.3, 0.4) is 0 Å². The first-order valence-corrected chi connectivity index (χ1v) is 8.51. The van der Waals surface area contributed by atoms with Gasteiger partial charge in [-0.15, -0.1) is 11.8 Å². The molecule has 1 heterocycles. The van der Waals surface area contributed by atoms with Gasteiger partial charge in [0.05, 0.1) is 24.3 Å². The van der Waals surface area contributed by atoms with Gasteiger partial charge in [-0.05, 0) is 48.9 Å². The molecule has 0 aliphatic carbocycles. The Labute approximate surface area is 140 Å². The second-order valence-electron chi connectivity index (χ2n) is 5.17. The maximum absolute atomic E-state index is 5.74. The van der Waals surface area contributed by atoms with E-state index in [-0.39, 0.29) is 0 Å². The molecule has 0 atom stereocenters. The van der Waals surface area contributed by atoms with Crippen LogP contribution in [-0.4, -0.2) is 24.5 Å². The monoisotopic (exact) mass is 325 g/mol. The number of para-hydroxylation sites is 1. The zero-order valence-electron chi connectivity index (χ0n) is 13.3. The number of benzene rings is 2. The zero-order chi connectivity index (χ0) is 16.1. The van der Waals surface area contributed by atoms with Gasteiger partial charge in [0, 0.05) is 11.1 Å². The number of rotatable bonds is 6. The van der Waals surface area contributed by atoms with Crippen LogP contribution in [0.4, 0.5) is 0 Å². The summed E-state index contributed by atoms with van der Waals surface area (Å²) >= 11 is 1.72. The van der Waals surface area contributed by atoms with Gasteiger partial charge in [-0.2, -0.15) is 0 Å². The first-order chi connectivity index (χ1) is 11.3. The minimum Gasteiger partial charge on any atom is -0.497 e. The minimum absolute atomic E-state index is 0.643. The molecule has 0 radical (unpaired) electrons. The largest absolute Gasteiger partial charge is 0.497 e. The second-order valence-corrected chi connectivity index (χ2v) is 6.28. The molecule has 0 saturated carbocycles. The minimum atomic E-state index is 0.643. The van der Waals surface area contributed by atoms with Gasteiger partial charge in [-0.3, -0.25) is 0 Å². The molecule has 0 saturated heterocycles. The van der Waals surface area contributed by atoms with Crippen molar-refractivity contribution in [3.05, 3.63) is 60.2 Å². The lowest BCUT2D eigenvalue weighted by Gasteiger charge is -2.08. The number of pyridine rings is 1. The molecule has 0 fully saturated rings. The Balaban J connectivity index is 1.56. The topological polar surface area (TPSA) is 31.4 Å². The molecule has 3 nitrogen and oxygen atoms in total. The zero-order valence-corrected chi connectivity index (χ0v) is 14.1. The third-order valence-electron chi connectivity index (χ3n) is 3.56. The highest BCUT2D eigenvalue weighted by Gasteiger charge is 2.03. The third-order valence-corrected chi connectivity index (χ3v) is 4.44. The molecule has 3 rings (SSSR count). The van der Waals surface area contributed by atoms with Crippen LogP contribution in [0.15, 0.2) is 59.6 Å². The van der Waals surface area contributed by atoms with Crippen LogP contribution in [0.1, 0.15) is 5.56 Å². The van der Waals surface area contributed by atoms with E-state index in [0.29, 0.717) is 6.61 Å². The SMILES string of the molecule is COc1ccc(OCCSc2cc(C)c3ccccc3n2)cc1. The fourth-order valence-electron chi connectivity index (χ4n) is 2.37. The van der Waals surface area contributed by atoms with Crippen LogP contribution in [0.25, 0.3) is 10.9 Å². The van der Waals surface area contributed by atoms with Gasteiger partial charge in [-0.25, -0.2) is 4.98 Å². The van der Waals surface area contributed by atoms with E-state index in [2.05, 4.69) is 25.1 Å². The molecule has 0 N–H and O–H groups in total. The van der Waals surface area contributed by atoms with Crippen molar-refractivity contribution in [3.63, 3.8) is 0 Å². The number of aromatic nitrogens is 1. The van der Waals surface area contributed by atoms with E-state index in [1.807, 2.05) is 36.4 Å². The summed E-state index contributed by atoms with van der Waals surface area (Å²) in [6, 6.07) is 18.0. The van der Waals surface area contributed by atoms with E-state index in [9.17, 15) is 0 Å². The lowest BCUT2D eigenvalue weighted by molar-refractivity contribution is 0.342. The van der Waals surface area contributed by atoms with Gasteiger partial charge in [0.15, 0.2) is 0 Å². The number of hydrogen-bond acceptors (Lipinski definition) is 4. The van der Waals surface area contributed by atoms with Crippen molar-refractivity contribution in [3.8, 4) is 11.5 Å². The molecule has 23 heavy (non-hydrogen) atoms. The molecule has 0 spiro atoms. The second kappa shape index (κ2) is 7.38. The van der Waals surface area contributed by atoms with E-state index in [1.165, 1.54) is 10.9 Å². The smallest absolute Gasteiger partial charge is 0.119 e. The third kappa shape index (κ3) is 3.96. The highest BCUT2D eigenvalue weighted by Crippen LogP contribution is 2.24. The Morgan fingerprint density at radius 3 is 2.52 bits per heavy atom. The number of thioether (sulfide) groups is 1. The van der Waals surface area contributed by atoms with Crippen molar-refractivity contribution in [2.75, 3.05) is 19.5 Å². The lowest BCUT2D eigenvalue weighted by atomic mass is 10.1. The van der Waals surface area contributed by atoms with Crippen LogP contribution < -0.4 is 9.47 Å². The normalized spacial score (nSPS) is 10.7. The fourth-order valence-corrected chi connectivity index (χ4v) is 3.17. The van der Waals surface area contributed by atoms with E-state index >= 15 is 0 Å². The summed E-state index contributed by atoms with van der Waals surface area (Å²) < 4.78 is 10.9. The average Bonchev–Trinajstić information content (AvgIpc) is 2.59. The van der Waals surface area contributed by atoms with Crippen LogP contribution in [-0.2, 0) is 0 Å². The Morgan fingerprint density at radius 1 is 1.00 bits per heavy atom. The fraction of sp³-hybridized carbons (Fsp3) is 0.211. The quantitative estimate of drug-likeness (QED) is 0.484. The van der Waals surface area contributed by atoms with E-state index < -0.39 is 0 Å². The number of aryl methyl sites for hydroxylation is 1. The number of fused-ring (bicyclic) bond motifs is 1. The summed E-state index contributed by atoms with van der Waals surface area (Å²) in [5.41, 5.74) is 2.31. The van der Waals surface area contributed by atoms with Crippen molar-refractivity contribution in [2.45, 2.75) is 11.9 Å². The van der Waals surface area contributed by atoms with Crippen molar-refractivity contribution in [1.82, 2.24) is 4.98 Å². The van der Waals surface area contributed by atoms with Gasteiger partial charge >= 0.3 is 0 Å². The molecule has 4 heteroatoms. The van der Waals surface area contributed by atoms with Crippen LogP contribution >= 0.6 is 11.8 Å². The first-order valence-electron chi connectivity index (χ1n) is 7.52. The average molecular weight is 325 g/mol. The van der Waals surface area contributed by atoms with Crippen molar-refractivity contribution < 1.29 is 9.47 Å². The molecule has 0 aliphatic rings. The van der Waals surface area contributed by atoms with Gasteiger partial charge in [0.25, 0.3) is 0 Å². The van der Waals surface area contributed by atoms with Crippen LogP contribution in [0.2, 0.25) is 0 Å². The molecule has 0 aliphatic heterocycles. The molecule has 0 unspecified atom stereocenters. The van der Waals surface area contributed by atoms with Crippen LogP contribution in [0.5, 0.6) is 11.5 Å². The summed E-state index contributed by atoms with van der Waals surface area (Å²) in [5, 5.41) is 2.26. The summed E-state index contributed by atoms with van der Waals surface area (Å²) in [7, 11) is 1.66. The Kier molecular flexibility index (Phi) is 5.03. The summed E-state index contributed by atoms with van der Waals surface area (Å²) in [4.78, 5) is 4.69. The number of methoxy groups -OCH3 is 1. The van der Waals surface area contributed by atoms with Gasteiger partial charge in [0.2, 0.25) is 0 Å². The first kappa shape index (κ1) is 15.7. The molecule has 0 amide bonds. The molecule has 0 bridgehead atoms. The Bertz CT molecular complexity index is 787. The maximum Gasteiger partial charge on any atom is 0.119 e. The number of hydrogen-bond donors (Lipinski definition) is 0. The molecule has 118 valence electrons. The molecule has 1 aromatic heterocycles. The number of nitrogens with zero attached hydrogens (tertiary/aromatic N) is 1. The summed E-state index contributed by atoms with van der Waals surface area (Å²) in [5.74, 6) is 2.55. The molecular formula is C19H19NO2S. The lowest BCUT2D eigenvalue weighted by Crippen LogP contribution is -2.00. The van der Waals surface area contributed by atoms with E-state index in [0.717, 1.165) is 27.8 Å². The maximum atomic E-state index is 5.74. The van der Waals surface area contributed by atoms with E-state index in [4.69, 9.17) is 14.5 Å².